The number of furan rings is 1. The molecule has 1 saturated carbocycles. The van der Waals surface area contributed by atoms with Crippen molar-refractivity contribution in [2.75, 3.05) is 0 Å². The van der Waals surface area contributed by atoms with Crippen LogP contribution in [-0.4, -0.2) is 4.98 Å². The molecule has 0 N–H and O–H groups in total. The van der Waals surface area contributed by atoms with Gasteiger partial charge in [-0.15, -0.1) is 0 Å². The first kappa shape index (κ1) is 24.9. The summed E-state index contributed by atoms with van der Waals surface area (Å²) in [5.74, 6) is -0.617. The number of aryl methyl sites for hydroxylation is 1. The standard InChI is InChI=1S/C45H49NO/c1-29-27-46-40(23-34(29)24-43(2,3)4)39-17-11-16-38-37-15-10-14-36(41(37)47-42(38)39)33-13-9-12-32(22-33)30-18-20-31(21-19-30)35-25-44(5,6)28-45(7,8)26-35/h9-23,27,35H,24-26,28H2,1-8H3/i1D3,24D2,35D. The molecule has 2 nitrogen and oxygen atoms in total. The highest BCUT2D eigenvalue weighted by atomic mass is 16.3. The Hall–Kier alpha value is -4.17. The van der Waals surface area contributed by atoms with Crippen LogP contribution in [0.2, 0.25) is 0 Å². The van der Waals surface area contributed by atoms with Crippen LogP contribution in [0.1, 0.15) is 98.5 Å². The second-order valence-electron chi connectivity index (χ2n) is 16.1. The van der Waals surface area contributed by atoms with E-state index in [9.17, 15) is 1.37 Å². The van der Waals surface area contributed by atoms with Gasteiger partial charge in [0.1, 0.15) is 11.2 Å². The van der Waals surface area contributed by atoms with Crippen molar-refractivity contribution in [3.63, 3.8) is 0 Å². The molecular weight excluding hydrogens is 571 g/mol. The van der Waals surface area contributed by atoms with Gasteiger partial charge in [0.15, 0.2) is 0 Å². The van der Waals surface area contributed by atoms with Crippen LogP contribution in [0.25, 0.3) is 55.4 Å². The van der Waals surface area contributed by atoms with Gasteiger partial charge in [0.2, 0.25) is 0 Å². The van der Waals surface area contributed by atoms with Crippen LogP contribution in [0.5, 0.6) is 0 Å². The van der Waals surface area contributed by atoms with Crippen molar-refractivity contribution in [1.82, 2.24) is 4.98 Å². The summed E-state index contributed by atoms with van der Waals surface area (Å²) in [6, 6.07) is 30.5. The van der Waals surface area contributed by atoms with Gasteiger partial charge in [-0.2, -0.15) is 0 Å². The maximum absolute atomic E-state index is 9.53. The predicted molar refractivity (Wildman–Crippen MR) is 200 cm³/mol. The Morgan fingerprint density at radius 3 is 2.06 bits per heavy atom. The molecule has 0 saturated heterocycles. The molecule has 6 aromatic rings. The molecule has 1 aliphatic carbocycles. The Labute approximate surface area is 289 Å². The van der Waals surface area contributed by atoms with Gasteiger partial charge in [-0.3, -0.25) is 4.98 Å². The number of rotatable bonds is 5. The fourth-order valence-electron chi connectivity index (χ4n) is 7.97. The molecule has 0 aliphatic heterocycles. The molecular formula is C45H49NO. The van der Waals surface area contributed by atoms with E-state index in [1.807, 2.05) is 30.3 Å². The van der Waals surface area contributed by atoms with Gasteiger partial charge in [0.05, 0.1) is 5.69 Å². The number of aromatic nitrogens is 1. The van der Waals surface area contributed by atoms with Gasteiger partial charge in [0.25, 0.3) is 0 Å². The van der Waals surface area contributed by atoms with Gasteiger partial charge >= 0.3 is 0 Å². The minimum absolute atomic E-state index is 0.0872. The SMILES string of the molecule is [2H]C([2H])([2H])c1cnc(-c2cccc3c2oc2c(-c4cccc(-c5ccc(C6([2H])CC(C)(C)CC(C)(C)C6)cc5)c4)cccc23)cc1C([2H])([2H])C(C)(C)C. The Balaban J connectivity index is 1.29. The van der Waals surface area contributed by atoms with Crippen LogP contribution < -0.4 is 0 Å². The summed E-state index contributed by atoms with van der Waals surface area (Å²) in [7, 11) is 0. The van der Waals surface area contributed by atoms with Crippen LogP contribution in [0.4, 0.5) is 0 Å². The van der Waals surface area contributed by atoms with Gasteiger partial charge in [-0.05, 0) is 106 Å². The number of benzene rings is 4. The lowest BCUT2D eigenvalue weighted by Crippen LogP contribution is -2.32. The minimum atomic E-state index is -2.52. The smallest absolute Gasteiger partial charge is 0.144 e. The maximum Gasteiger partial charge on any atom is 0.144 e. The summed E-state index contributed by atoms with van der Waals surface area (Å²) in [5.41, 5.74) is 7.02. The lowest BCUT2D eigenvalue weighted by Gasteiger charge is -2.45. The van der Waals surface area contributed by atoms with Gasteiger partial charge in [-0.1, -0.05) is 121 Å². The number of nitrogens with zero attached hydrogens (tertiary/aromatic N) is 1. The maximum atomic E-state index is 9.53. The first-order valence-corrected chi connectivity index (χ1v) is 16.8. The largest absolute Gasteiger partial charge is 0.455 e. The average Bonchev–Trinajstić information content (AvgIpc) is 3.45. The summed E-state index contributed by atoms with van der Waals surface area (Å²) in [4.78, 5) is 4.57. The third kappa shape index (κ3) is 6.40. The molecule has 4 aromatic carbocycles. The Kier molecular flexibility index (Phi) is 6.11. The molecule has 47 heavy (non-hydrogen) atoms. The Morgan fingerprint density at radius 2 is 1.40 bits per heavy atom. The minimum Gasteiger partial charge on any atom is -0.455 e. The monoisotopic (exact) mass is 625 g/mol. The Morgan fingerprint density at radius 1 is 0.787 bits per heavy atom. The van der Waals surface area contributed by atoms with E-state index < -0.39 is 24.5 Å². The van der Waals surface area contributed by atoms with Crippen LogP contribution in [0.15, 0.2) is 102 Å². The van der Waals surface area contributed by atoms with Crippen molar-refractivity contribution in [1.29, 1.82) is 0 Å². The van der Waals surface area contributed by atoms with E-state index in [-0.39, 0.29) is 22.0 Å². The highest BCUT2D eigenvalue weighted by molar-refractivity contribution is 6.12. The molecule has 0 atom stereocenters. The topological polar surface area (TPSA) is 26.0 Å². The molecule has 2 aromatic heterocycles. The quantitative estimate of drug-likeness (QED) is 0.190. The summed E-state index contributed by atoms with van der Waals surface area (Å²) in [6.07, 6.45) is 2.17. The van der Waals surface area contributed by atoms with Gasteiger partial charge in [0, 0.05) is 36.3 Å². The second-order valence-corrected chi connectivity index (χ2v) is 16.1. The van der Waals surface area contributed by atoms with Crippen molar-refractivity contribution in [3.8, 4) is 33.5 Å². The van der Waals surface area contributed by atoms with Crippen molar-refractivity contribution in [3.05, 3.63) is 114 Å². The second kappa shape index (κ2) is 11.5. The van der Waals surface area contributed by atoms with E-state index in [0.29, 0.717) is 16.8 Å². The molecule has 0 unspecified atom stereocenters. The average molecular weight is 626 g/mol. The van der Waals surface area contributed by atoms with Crippen LogP contribution in [0, 0.1) is 23.1 Å². The molecule has 7 rings (SSSR count). The summed E-state index contributed by atoms with van der Waals surface area (Å²) >= 11 is 0. The van der Waals surface area contributed by atoms with Gasteiger partial charge in [-0.25, -0.2) is 0 Å². The summed E-state index contributed by atoms with van der Waals surface area (Å²) in [5, 5.41) is 1.84. The van der Waals surface area contributed by atoms with E-state index in [4.69, 9.17) is 11.3 Å². The molecule has 1 fully saturated rings. The third-order valence-corrected chi connectivity index (χ3v) is 9.35. The molecule has 1 aliphatic rings. The fraction of sp³-hybridized carbons (Fsp3) is 0.356. The van der Waals surface area contributed by atoms with E-state index in [2.05, 4.69) is 87.3 Å². The van der Waals surface area contributed by atoms with Crippen LogP contribution >= 0.6 is 0 Å². The highest BCUT2D eigenvalue weighted by Crippen LogP contribution is 2.52. The number of fused-ring (bicyclic) bond motifs is 3. The fourth-order valence-corrected chi connectivity index (χ4v) is 7.97. The van der Waals surface area contributed by atoms with Crippen LogP contribution in [0.3, 0.4) is 0 Å². The van der Waals surface area contributed by atoms with E-state index in [0.717, 1.165) is 63.4 Å². The molecule has 0 amide bonds. The third-order valence-electron chi connectivity index (χ3n) is 9.35. The molecule has 2 heteroatoms. The summed E-state index contributed by atoms with van der Waals surface area (Å²) in [6.45, 7) is 12.0. The number of para-hydroxylation sites is 2. The zero-order chi connectivity index (χ0) is 38.4. The first-order valence-electron chi connectivity index (χ1n) is 19.8. The Bertz CT molecular complexity index is 2320. The highest BCUT2D eigenvalue weighted by Gasteiger charge is 2.38. The van der Waals surface area contributed by atoms with Crippen molar-refractivity contribution in [2.24, 2.45) is 16.2 Å². The molecule has 0 bridgehead atoms. The molecule has 240 valence electrons. The van der Waals surface area contributed by atoms with Crippen LogP contribution in [-0.2, 0) is 6.37 Å². The molecule has 0 spiro atoms. The lowest BCUT2D eigenvalue weighted by molar-refractivity contribution is 0.0969. The zero-order valence-electron chi connectivity index (χ0n) is 34.7. The van der Waals surface area contributed by atoms with E-state index >= 15 is 0 Å². The molecule has 0 radical (unpaired) electrons. The normalized spacial score (nSPS) is 19.7. The van der Waals surface area contributed by atoms with E-state index in [1.54, 1.807) is 26.8 Å². The zero-order valence-corrected chi connectivity index (χ0v) is 28.7. The van der Waals surface area contributed by atoms with Gasteiger partial charge < -0.3 is 4.42 Å². The number of pyridine rings is 1. The molecule has 2 heterocycles. The lowest BCUT2D eigenvalue weighted by atomic mass is 9.60. The first-order chi connectivity index (χ1) is 24.6. The predicted octanol–water partition coefficient (Wildman–Crippen LogP) is 13.2. The van der Waals surface area contributed by atoms with E-state index in [1.165, 1.54) is 6.20 Å². The number of hydrogen-bond acceptors (Lipinski definition) is 2. The number of hydrogen-bond donors (Lipinski definition) is 0. The summed E-state index contributed by atoms with van der Waals surface area (Å²) < 4.78 is 58.7. The van der Waals surface area contributed by atoms with Crippen molar-refractivity contribution >= 4 is 21.9 Å². The van der Waals surface area contributed by atoms with Crippen molar-refractivity contribution in [2.45, 2.75) is 86.8 Å². The van der Waals surface area contributed by atoms with Crippen molar-refractivity contribution < 1.29 is 12.6 Å².